The minimum absolute atomic E-state index is 3.02. The molecule has 4 nitrogen and oxygen atoms in total. The van der Waals surface area contributed by atoms with E-state index in [1.807, 2.05) is 0 Å². The first kappa shape index (κ1) is 51.6. The first-order valence-electron chi connectivity index (χ1n) is 12.1. The maximum Gasteiger partial charge on any atom is 0.460 e. The van der Waals surface area contributed by atoms with Crippen LogP contribution < -0.4 is 0 Å². The molecule has 0 aromatic carbocycles. The number of allylic oxidation sites excluding steroid dienone is 1. The highest BCUT2D eigenvalue weighted by molar-refractivity contribution is 5.93. The number of carboxylic acids is 2. The molecule has 0 aliphatic carbocycles. The molecule has 0 aromatic rings. The quantitative estimate of drug-likeness (QED) is 0.113. The van der Waals surface area contributed by atoms with Crippen LogP contribution in [0.25, 0.3) is 0 Å². The van der Waals surface area contributed by atoms with Gasteiger partial charge in [-0.1, -0.05) is 0 Å². The Kier molecular flexibility index (Phi) is 12.8. The molecule has 0 saturated heterocycles. The lowest BCUT2D eigenvalue weighted by Crippen LogP contribution is -2.73. The number of halogens is 30. The van der Waals surface area contributed by atoms with E-state index in [1.165, 1.54) is 0 Å². The highest BCUT2D eigenvalue weighted by Crippen LogP contribution is 2.65. The molecule has 0 fully saturated rings. The van der Waals surface area contributed by atoms with Crippen molar-refractivity contribution in [1.82, 2.24) is 0 Å². The fourth-order valence-corrected chi connectivity index (χ4v) is 3.54. The smallest absolute Gasteiger partial charge is 0.460 e. The first-order valence-corrected chi connectivity index (χ1v) is 12.1. The molecule has 0 spiro atoms. The summed E-state index contributed by atoms with van der Waals surface area (Å²) in [6.45, 7) is 0. The van der Waals surface area contributed by atoms with Crippen molar-refractivity contribution in [3.05, 3.63) is 11.1 Å². The molecule has 0 amide bonds. The number of carbonyl (C=O) groups is 2. The van der Waals surface area contributed by atoms with E-state index in [0.717, 1.165) is 0 Å². The molecule has 0 rings (SSSR count). The second-order valence-electron chi connectivity index (χ2n) is 10.5. The second kappa shape index (κ2) is 13.6. The molecular weight excluding hydrogens is 886 g/mol. The Morgan fingerprint density at radius 3 is 0.709 bits per heavy atom. The molecule has 34 heteroatoms. The van der Waals surface area contributed by atoms with Gasteiger partial charge in [0.25, 0.3) is 0 Å². The van der Waals surface area contributed by atoms with Crippen LogP contribution in [0, 0.1) is 0 Å². The van der Waals surface area contributed by atoms with Crippen molar-refractivity contribution in [1.29, 1.82) is 0 Å². The monoisotopic (exact) mass is 894 g/mol. The summed E-state index contributed by atoms with van der Waals surface area (Å²) >= 11 is 0. The molecule has 2 N–H and O–H groups in total. The predicted molar refractivity (Wildman–Crippen MR) is 108 cm³/mol. The fraction of sp³-hybridized carbons (Fsp3) is 0.810. The van der Waals surface area contributed by atoms with Gasteiger partial charge in [0, 0.05) is 18.4 Å². The van der Waals surface area contributed by atoms with E-state index < -0.39 is 126 Å². The highest BCUT2D eigenvalue weighted by Gasteiger charge is 2.95. The number of hydrogen-bond donors (Lipinski definition) is 2. The maximum absolute atomic E-state index is 14.5. The molecule has 0 bridgehead atoms. The minimum atomic E-state index is -9.19. The third-order valence-corrected chi connectivity index (χ3v) is 6.67. The van der Waals surface area contributed by atoms with Crippen LogP contribution in [0.15, 0.2) is 11.1 Å². The molecule has 0 unspecified atom stereocenters. The Balaban J connectivity index is 7.84. The standard InChI is InChI=1S/C21H8F30O4/c22-8(23,10(26,27)12(30,31)14(34,35)16(38,39)18(42,43)20(46,47)48)2-4(5(7(54)55)1-6(52)53)3-9(24,25)11(28,29)13(32,33)15(36,37)17(40,41)19(44,45)21(49,50)51/h1-3H2,(H,52,53)(H,54,55). The molecule has 55 heavy (non-hydrogen) atoms. The Bertz CT molecular complexity index is 1390. The highest BCUT2D eigenvalue weighted by atomic mass is 19.4. The zero-order chi connectivity index (χ0) is 45.4. The molecule has 0 aliphatic rings. The number of alkyl halides is 30. The summed E-state index contributed by atoms with van der Waals surface area (Å²) in [5.41, 5.74) is -7.17. The largest absolute Gasteiger partial charge is 0.481 e. The average Bonchev–Trinajstić information content (AvgIpc) is 2.92. The van der Waals surface area contributed by atoms with E-state index in [1.54, 1.807) is 0 Å². The summed E-state index contributed by atoms with van der Waals surface area (Å²) in [4.78, 5) is 22.0. The van der Waals surface area contributed by atoms with Crippen molar-refractivity contribution in [2.24, 2.45) is 0 Å². The van der Waals surface area contributed by atoms with E-state index in [0.29, 0.717) is 0 Å². The van der Waals surface area contributed by atoms with Gasteiger partial charge in [0.05, 0.1) is 6.42 Å². The predicted octanol–water partition coefficient (Wildman–Crippen LogP) is 10.4. The van der Waals surface area contributed by atoms with Crippen molar-refractivity contribution in [3.8, 4) is 0 Å². The van der Waals surface area contributed by atoms with Crippen molar-refractivity contribution < 1.29 is 152 Å². The summed E-state index contributed by atoms with van der Waals surface area (Å²) in [6.07, 6.45) is -28.8. The van der Waals surface area contributed by atoms with Gasteiger partial charge in [-0.25, -0.2) is 4.79 Å². The normalized spacial score (nSPS) is 16.0. The Morgan fingerprint density at radius 2 is 0.527 bits per heavy atom. The van der Waals surface area contributed by atoms with Crippen LogP contribution in [0.5, 0.6) is 0 Å². The molecule has 0 atom stereocenters. The van der Waals surface area contributed by atoms with E-state index in [-0.39, 0.29) is 0 Å². The van der Waals surface area contributed by atoms with E-state index in [4.69, 9.17) is 10.2 Å². The third-order valence-electron chi connectivity index (χ3n) is 6.67. The van der Waals surface area contributed by atoms with Gasteiger partial charge in [-0.2, -0.15) is 132 Å². The number of carboxylic acid groups (broad SMARTS) is 2. The van der Waals surface area contributed by atoms with Crippen LogP contribution >= 0.6 is 0 Å². The first-order chi connectivity index (χ1) is 23.3. The lowest BCUT2D eigenvalue weighted by atomic mass is 9.84. The Morgan fingerprint density at radius 1 is 0.327 bits per heavy atom. The second-order valence-corrected chi connectivity index (χ2v) is 10.5. The van der Waals surface area contributed by atoms with Crippen LogP contribution in [0.3, 0.4) is 0 Å². The van der Waals surface area contributed by atoms with Gasteiger partial charge in [-0.15, -0.1) is 0 Å². The van der Waals surface area contributed by atoms with Crippen LogP contribution in [0.1, 0.15) is 19.3 Å². The Labute approximate surface area is 278 Å². The van der Waals surface area contributed by atoms with Gasteiger partial charge in [0.2, 0.25) is 0 Å². The summed E-state index contributed by atoms with van der Waals surface area (Å²) < 4.78 is 404. The van der Waals surface area contributed by atoms with Crippen molar-refractivity contribution in [2.75, 3.05) is 0 Å². The van der Waals surface area contributed by atoms with Gasteiger partial charge in [-0.05, 0) is 5.57 Å². The van der Waals surface area contributed by atoms with Crippen LogP contribution in [0.2, 0.25) is 0 Å². The summed E-state index contributed by atoms with van der Waals surface area (Å²) in [5.74, 6) is -113. The molecule has 326 valence electrons. The number of aliphatic carboxylic acids is 2. The topological polar surface area (TPSA) is 74.6 Å². The molecule has 0 aromatic heterocycles. The fourth-order valence-electron chi connectivity index (χ4n) is 3.54. The van der Waals surface area contributed by atoms with Crippen LogP contribution in [-0.2, 0) is 9.59 Å². The molecular formula is C21H8F30O4. The molecule has 0 saturated carbocycles. The molecule has 0 radical (unpaired) electrons. The zero-order valence-electron chi connectivity index (χ0n) is 24.2. The summed E-state index contributed by atoms with van der Waals surface area (Å²) in [7, 11) is 0. The van der Waals surface area contributed by atoms with E-state index >= 15 is 0 Å². The summed E-state index contributed by atoms with van der Waals surface area (Å²) in [5, 5.41) is 17.3. The van der Waals surface area contributed by atoms with Crippen molar-refractivity contribution in [2.45, 2.75) is 103 Å². The SMILES string of the molecule is O=C(O)CC(C(=O)O)=C(CC(F)(F)C(F)(F)C(F)(F)C(F)(F)C(F)(F)C(F)(F)C(F)(F)F)CC(F)(F)C(F)(F)C(F)(F)C(F)(F)C(F)(F)C(F)(F)C(F)(F)F. The number of hydrogen-bond acceptors (Lipinski definition) is 2. The van der Waals surface area contributed by atoms with Gasteiger partial charge < -0.3 is 10.2 Å². The Hall–Kier alpha value is -3.42. The average molecular weight is 894 g/mol. The maximum atomic E-state index is 14.5. The molecule has 0 heterocycles. The van der Waals surface area contributed by atoms with Crippen LogP contribution in [-0.4, -0.2) is 106 Å². The third kappa shape index (κ3) is 7.45. The minimum Gasteiger partial charge on any atom is -0.481 e. The van der Waals surface area contributed by atoms with Crippen molar-refractivity contribution in [3.63, 3.8) is 0 Å². The van der Waals surface area contributed by atoms with Gasteiger partial charge in [0.15, 0.2) is 0 Å². The lowest BCUT2D eigenvalue weighted by molar-refractivity contribution is -0.453. The zero-order valence-corrected chi connectivity index (χ0v) is 24.2. The van der Waals surface area contributed by atoms with Gasteiger partial charge in [0.1, 0.15) is 0 Å². The van der Waals surface area contributed by atoms with E-state index in [2.05, 4.69) is 0 Å². The summed E-state index contributed by atoms with van der Waals surface area (Å²) in [6, 6.07) is 0. The van der Waals surface area contributed by atoms with Gasteiger partial charge in [-0.3, -0.25) is 4.79 Å². The molecule has 0 aliphatic heterocycles. The van der Waals surface area contributed by atoms with Crippen molar-refractivity contribution >= 4 is 11.9 Å². The van der Waals surface area contributed by atoms with Gasteiger partial charge >= 0.3 is 95.4 Å². The van der Waals surface area contributed by atoms with Crippen LogP contribution in [0.4, 0.5) is 132 Å². The lowest BCUT2D eigenvalue weighted by Gasteiger charge is -2.42. The van der Waals surface area contributed by atoms with E-state index in [9.17, 15) is 141 Å². The number of rotatable bonds is 17.